The van der Waals surface area contributed by atoms with E-state index in [0.29, 0.717) is 17.9 Å². The molecule has 10 nitrogen and oxygen atoms in total. The minimum atomic E-state index is -0.533. The van der Waals surface area contributed by atoms with Crippen LogP contribution in [0.5, 0.6) is 0 Å². The molecule has 3 fully saturated rings. The minimum absolute atomic E-state index is 0.0186. The summed E-state index contributed by atoms with van der Waals surface area (Å²) in [6.07, 6.45) is 12.3. The van der Waals surface area contributed by atoms with Crippen molar-refractivity contribution in [3.63, 3.8) is 0 Å². The number of anilines is 2. The largest absolute Gasteiger partial charge is 0.444 e. The monoisotopic (exact) mass is 613 g/mol. The summed E-state index contributed by atoms with van der Waals surface area (Å²) in [4.78, 5) is 39.6. The summed E-state index contributed by atoms with van der Waals surface area (Å²) in [5, 5.41) is 6.18. The smallest absolute Gasteiger partial charge is 0.407 e. The Balaban J connectivity index is 1.17. The number of imidazole rings is 1. The number of rotatable bonds is 7. The highest BCUT2D eigenvalue weighted by Gasteiger charge is 2.31. The quantitative estimate of drug-likeness (QED) is 0.340. The summed E-state index contributed by atoms with van der Waals surface area (Å²) in [5.74, 6) is 1.27. The number of nitrogens with zero attached hydrogens (tertiary/aromatic N) is 5. The summed E-state index contributed by atoms with van der Waals surface area (Å²) in [7, 11) is 0. The van der Waals surface area contributed by atoms with Crippen molar-refractivity contribution >= 4 is 23.4 Å². The summed E-state index contributed by atoms with van der Waals surface area (Å²) in [6.45, 7) is 12.0. The zero-order valence-electron chi connectivity index (χ0n) is 27.1. The van der Waals surface area contributed by atoms with E-state index in [9.17, 15) is 9.59 Å². The SMILES string of the molecule is Cc1cn(-c2cc(CN3CCC[C@H](NC(=O)OC(C)(C)C)C3)cc(NC(=O)c3cc(N4CC5CCCC(C5)C4)ccn3)c2)cn1. The molecule has 45 heavy (non-hydrogen) atoms. The number of carbonyl (C=O) groups is 2. The molecular formula is C35H47N7O3. The Morgan fingerprint density at radius 3 is 2.51 bits per heavy atom. The van der Waals surface area contributed by atoms with Crippen LogP contribution in [0, 0.1) is 18.8 Å². The molecule has 0 spiro atoms. The molecule has 1 saturated carbocycles. The van der Waals surface area contributed by atoms with Gasteiger partial charge in [0.15, 0.2) is 0 Å². The maximum Gasteiger partial charge on any atom is 0.407 e. The first kappa shape index (κ1) is 31.1. The molecule has 2 saturated heterocycles. The van der Waals surface area contributed by atoms with E-state index in [0.717, 1.165) is 73.5 Å². The van der Waals surface area contributed by atoms with Crippen LogP contribution in [0.1, 0.15) is 81.0 Å². The summed E-state index contributed by atoms with van der Waals surface area (Å²) in [6, 6.07) is 10.1. The third-order valence-corrected chi connectivity index (χ3v) is 9.07. The lowest BCUT2D eigenvalue weighted by Crippen LogP contribution is -2.48. The molecule has 2 N–H and O–H groups in total. The lowest BCUT2D eigenvalue weighted by molar-refractivity contribution is 0.0470. The van der Waals surface area contributed by atoms with Crippen molar-refractivity contribution in [2.75, 3.05) is 36.4 Å². The maximum absolute atomic E-state index is 13.6. The van der Waals surface area contributed by atoms with Crippen LogP contribution in [0.4, 0.5) is 16.2 Å². The van der Waals surface area contributed by atoms with Gasteiger partial charge >= 0.3 is 6.09 Å². The molecule has 10 heteroatoms. The van der Waals surface area contributed by atoms with Gasteiger partial charge in [-0.25, -0.2) is 9.78 Å². The number of benzene rings is 1. The Morgan fingerprint density at radius 1 is 0.978 bits per heavy atom. The van der Waals surface area contributed by atoms with Crippen LogP contribution in [-0.4, -0.2) is 69.3 Å². The van der Waals surface area contributed by atoms with E-state index >= 15 is 0 Å². The van der Waals surface area contributed by atoms with E-state index < -0.39 is 5.60 Å². The van der Waals surface area contributed by atoms with E-state index in [2.05, 4.69) is 36.5 Å². The van der Waals surface area contributed by atoms with Crippen molar-refractivity contribution in [1.29, 1.82) is 0 Å². The number of carbonyl (C=O) groups excluding carboxylic acids is 2. The molecule has 1 aliphatic carbocycles. The minimum Gasteiger partial charge on any atom is -0.444 e. The van der Waals surface area contributed by atoms with Gasteiger partial charge < -0.3 is 24.8 Å². The summed E-state index contributed by atoms with van der Waals surface area (Å²) >= 11 is 0. The van der Waals surface area contributed by atoms with Crippen LogP contribution in [-0.2, 0) is 11.3 Å². The number of alkyl carbamates (subject to hydrolysis) is 1. The molecule has 2 aliphatic heterocycles. The maximum atomic E-state index is 13.6. The van der Waals surface area contributed by atoms with Crippen molar-refractivity contribution in [3.05, 3.63) is 66.0 Å². The predicted molar refractivity (Wildman–Crippen MR) is 176 cm³/mol. The average molecular weight is 614 g/mol. The number of aromatic nitrogens is 3. The number of aryl methyl sites for hydroxylation is 1. The van der Waals surface area contributed by atoms with Crippen molar-refractivity contribution < 1.29 is 14.3 Å². The fourth-order valence-corrected chi connectivity index (χ4v) is 7.18. The topological polar surface area (TPSA) is 105 Å². The molecule has 3 aromatic rings. The second-order valence-corrected chi connectivity index (χ2v) is 14.2. The highest BCUT2D eigenvalue weighted by atomic mass is 16.6. The van der Waals surface area contributed by atoms with Gasteiger partial charge in [0.25, 0.3) is 5.91 Å². The van der Waals surface area contributed by atoms with Gasteiger partial charge in [0, 0.05) is 61.7 Å². The molecule has 240 valence electrons. The van der Waals surface area contributed by atoms with Gasteiger partial charge in [0.2, 0.25) is 0 Å². The van der Waals surface area contributed by atoms with Crippen LogP contribution >= 0.6 is 0 Å². The Kier molecular flexibility index (Phi) is 9.12. The number of ether oxygens (including phenoxy) is 1. The molecule has 1 aromatic carbocycles. The van der Waals surface area contributed by atoms with Gasteiger partial charge in [-0.3, -0.25) is 14.7 Å². The molecule has 6 rings (SSSR count). The van der Waals surface area contributed by atoms with Crippen LogP contribution in [0.3, 0.4) is 0 Å². The molecule has 3 aliphatic rings. The number of hydrogen-bond acceptors (Lipinski definition) is 7. The molecule has 2 bridgehead atoms. The van der Waals surface area contributed by atoms with Gasteiger partial charge in [0.1, 0.15) is 11.3 Å². The third kappa shape index (κ3) is 8.22. The van der Waals surface area contributed by atoms with Crippen molar-refractivity contribution in [1.82, 2.24) is 24.8 Å². The van der Waals surface area contributed by atoms with Gasteiger partial charge in [-0.2, -0.15) is 0 Å². The Hall–Kier alpha value is -3.92. The first-order chi connectivity index (χ1) is 21.6. The van der Waals surface area contributed by atoms with Gasteiger partial charge in [-0.15, -0.1) is 0 Å². The Morgan fingerprint density at radius 2 is 1.78 bits per heavy atom. The molecule has 2 unspecified atom stereocenters. The first-order valence-corrected chi connectivity index (χ1v) is 16.5. The Labute approximate surface area is 266 Å². The van der Waals surface area contributed by atoms with Crippen LogP contribution < -0.4 is 15.5 Å². The lowest BCUT2D eigenvalue weighted by atomic mass is 9.78. The van der Waals surface area contributed by atoms with Gasteiger partial charge in [-0.1, -0.05) is 6.42 Å². The van der Waals surface area contributed by atoms with Crippen molar-refractivity contribution in [3.8, 4) is 5.69 Å². The van der Waals surface area contributed by atoms with E-state index in [1.165, 1.54) is 25.7 Å². The second-order valence-electron chi connectivity index (χ2n) is 14.2. The molecule has 2 amide bonds. The van der Waals surface area contributed by atoms with Crippen LogP contribution in [0.25, 0.3) is 5.69 Å². The number of likely N-dealkylation sites (tertiary alicyclic amines) is 1. The second kappa shape index (κ2) is 13.2. The van der Waals surface area contributed by atoms with Gasteiger partial charge in [-0.05, 0) is 114 Å². The van der Waals surface area contributed by atoms with Crippen molar-refractivity contribution in [2.24, 2.45) is 11.8 Å². The standard InChI is InChI=1S/C35H47N7O3/c1-24-18-42(23-37-24)31-15-27(19-40-12-6-9-28(22-40)39-34(44)45-35(2,3)4)14-29(16-31)38-33(43)32-17-30(10-11-36-32)41-20-25-7-5-8-26(13-25)21-41/h10-11,14-18,23,25-26,28H,5-9,12-13,19-22H2,1-4H3,(H,38,43)(H,39,44)/t25?,26?,28-/m0/s1. The number of pyridine rings is 1. The van der Waals surface area contributed by atoms with Crippen molar-refractivity contribution in [2.45, 2.75) is 84.4 Å². The number of amides is 2. The predicted octanol–water partition coefficient (Wildman–Crippen LogP) is 5.94. The normalized spacial score (nSPS) is 22.1. The van der Waals surface area contributed by atoms with E-state index in [4.69, 9.17) is 4.74 Å². The van der Waals surface area contributed by atoms with Crippen LogP contribution in [0.2, 0.25) is 0 Å². The first-order valence-electron chi connectivity index (χ1n) is 16.5. The third-order valence-electron chi connectivity index (χ3n) is 9.07. The highest BCUT2D eigenvalue weighted by Crippen LogP contribution is 2.36. The van der Waals surface area contributed by atoms with Gasteiger partial charge in [0.05, 0.1) is 12.0 Å². The van der Waals surface area contributed by atoms with Crippen LogP contribution in [0.15, 0.2) is 49.1 Å². The fourth-order valence-electron chi connectivity index (χ4n) is 7.18. The molecule has 4 heterocycles. The van der Waals surface area contributed by atoms with E-state index in [-0.39, 0.29) is 18.0 Å². The number of fused-ring (bicyclic) bond motifs is 2. The number of nitrogens with one attached hydrogen (secondary N) is 2. The zero-order chi connectivity index (χ0) is 31.6. The summed E-state index contributed by atoms with van der Waals surface area (Å²) in [5.41, 5.74) is 4.57. The molecular weight excluding hydrogens is 566 g/mol. The average Bonchev–Trinajstić information content (AvgIpc) is 3.42. The molecule has 3 atom stereocenters. The molecule has 2 aromatic heterocycles. The van der Waals surface area contributed by atoms with E-state index in [1.54, 1.807) is 12.5 Å². The zero-order valence-corrected chi connectivity index (χ0v) is 27.1. The Bertz CT molecular complexity index is 1500. The lowest BCUT2D eigenvalue weighted by Gasteiger charge is -2.42. The number of piperidine rings is 2. The highest BCUT2D eigenvalue weighted by molar-refractivity contribution is 6.03. The fraction of sp³-hybridized carbons (Fsp3) is 0.543. The molecule has 0 radical (unpaired) electrons. The van der Waals surface area contributed by atoms with E-state index in [1.807, 2.05) is 62.7 Å². The number of hydrogen-bond donors (Lipinski definition) is 2. The summed E-state index contributed by atoms with van der Waals surface area (Å²) < 4.78 is 7.46.